The Labute approximate surface area is 164 Å². The molecule has 1 saturated heterocycles. The number of morpholine rings is 1. The van der Waals surface area contributed by atoms with Crippen LogP contribution in [0.4, 0.5) is 4.79 Å². The highest BCUT2D eigenvalue weighted by Gasteiger charge is 2.36. The Bertz CT molecular complexity index is 681. The summed E-state index contributed by atoms with van der Waals surface area (Å²) in [5, 5.41) is 12.7. The van der Waals surface area contributed by atoms with E-state index in [1.54, 1.807) is 4.90 Å². The first-order valence-electron chi connectivity index (χ1n) is 9.35. The van der Waals surface area contributed by atoms with Gasteiger partial charge in [-0.2, -0.15) is 0 Å². The number of ether oxygens (including phenoxy) is 1. The number of nitrogens with zero attached hydrogens (tertiary/aromatic N) is 2. The summed E-state index contributed by atoms with van der Waals surface area (Å²) in [4.78, 5) is 27.2. The average Bonchev–Trinajstić information content (AvgIpc) is 2.63. The molecule has 0 radical (unpaired) electrons. The van der Waals surface area contributed by atoms with Crippen molar-refractivity contribution in [2.45, 2.75) is 38.0 Å². The van der Waals surface area contributed by atoms with Gasteiger partial charge < -0.3 is 20.1 Å². The lowest BCUT2D eigenvalue weighted by atomic mass is 9.85. The molecule has 2 fully saturated rings. The Morgan fingerprint density at radius 1 is 1.37 bits per heavy atom. The van der Waals surface area contributed by atoms with Crippen LogP contribution in [0, 0.1) is 0 Å². The van der Waals surface area contributed by atoms with Gasteiger partial charge in [0.15, 0.2) is 0 Å². The molecule has 1 aromatic carbocycles. The lowest BCUT2D eigenvalue weighted by molar-refractivity contribution is -0.139. The monoisotopic (exact) mass is 395 g/mol. The summed E-state index contributed by atoms with van der Waals surface area (Å²) in [7, 11) is 0. The third-order valence-electron chi connectivity index (χ3n) is 5.31. The SMILES string of the molecule is CCN(CC(=O)O)C1CC(NC(=O)N2CCOC(c3ccccc3Cl)C2)C1. The fourth-order valence-electron chi connectivity index (χ4n) is 3.70. The second-order valence-electron chi connectivity index (χ2n) is 7.06. The first-order valence-corrected chi connectivity index (χ1v) is 9.73. The zero-order valence-corrected chi connectivity index (χ0v) is 16.2. The zero-order valence-electron chi connectivity index (χ0n) is 15.4. The highest BCUT2D eigenvalue weighted by atomic mass is 35.5. The van der Waals surface area contributed by atoms with E-state index in [2.05, 4.69) is 5.32 Å². The summed E-state index contributed by atoms with van der Waals surface area (Å²) in [5.74, 6) is -0.816. The molecule has 148 valence electrons. The number of halogens is 1. The number of hydrogen-bond donors (Lipinski definition) is 2. The molecule has 1 heterocycles. The van der Waals surface area contributed by atoms with Gasteiger partial charge in [0.25, 0.3) is 0 Å². The van der Waals surface area contributed by atoms with E-state index in [0.717, 1.165) is 18.4 Å². The maximum atomic E-state index is 12.6. The van der Waals surface area contributed by atoms with E-state index in [1.165, 1.54) is 0 Å². The lowest BCUT2D eigenvalue weighted by Crippen LogP contribution is -2.58. The topological polar surface area (TPSA) is 82.1 Å². The van der Waals surface area contributed by atoms with Crippen LogP contribution in [0.1, 0.15) is 31.4 Å². The van der Waals surface area contributed by atoms with Gasteiger partial charge in [-0.25, -0.2) is 4.79 Å². The molecule has 2 aliphatic rings. The van der Waals surface area contributed by atoms with Gasteiger partial charge in [-0.05, 0) is 25.5 Å². The number of likely N-dealkylation sites (N-methyl/N-ethyl adjacent to an activating group) is 1. The highest BCUT2D eigenvalue weighted by Crippen LogP contribution is 2.29. The Balaban J connectivity index is 1.49. The summed E-state index contributed by atoms with van der Waals surface area (Å²) < 4.78 is 5.80. The molecule has 1 aliphatic heterocycles. The molecular weight excluding hydrogens is 370 g/mol. The molecule has 1 aliphatic carbocycles. The molecule has 1 saturated carbocycles. The third kappa shape index (κ3) is 4.91. The number of carbonyl (C=O) groups excluding carboxylic acids is 1. The predicted molar refractivity (Wildman–Crippen MR) is 102 cm³/mol. The van der Waals surface area contributed by atoms with Gasteiger partial charge in [0.2, 0.25) is 0 Å². The second kappa shape index (κ2) is 8.91. The largest absolute Gasteiger partial charge is 0.480 e. The summed E-state index contributed by atoms with van der Waals surface area (Å²) in [6.45, 7) is 4.18. The first kappa shape index (κ1) is 19.9. The van der Waals surface area contributed by atoms with Crippen LogP contribution >= 0.6 is 11.6 Å². The maximum absolute atomic E-state index is 12.6. The molecule has 7 nitrogen and oxygen atoms in total. The summed E-state index contributed by atoms with van der Waals surface area (Å²) in [5.41, 5.74) is 0.896. The molecule has 3 rings (SSSR count). The van der Waals surface area contributed by atoms with Crippen molar-refractivity contribution in [3.8, 4) is 0 Å². The van der Waals surface area contributed by atoms with E-state index in [9.17, 15) is 9.59 Å². The van der Waals surface area contributed by atoms with E-state index in [4.69, 9.17) is 21.4 Å². The smallest absolute Gasteiger partial charge is 0.317 e. The Hall–Kier alpha value is -1.83. The quantitative estimate of drug-likeness (QED) is 0.772. The van der Waals surface area contributed by atoms with Crippen LogP contribution < -0.4 is 5.32 Å². The fourth-order valence-corrected chi connectivity index (χ4v) is 3.96. The van der Waals surface area contributed by atoms with Crippen molar-refractivity contribution in [2.75, 3.05) is 32.8 Å². The van der Waals surface area contributed by atoms with Gasteiger partial charge >= 0.3 is 12.0 Å². The van der Waals surface area contributed by atoms with Crippen LogP contribution in [-0.4, -0.2) is 71.8 Å². The maximum Gasteiger partial charge on any atom is 0.317 e. The van der Waals surface area contributed by atoms with Crippen molar-refractivity contribution < 1.29 is 19.4 Å². The van der Waals surface area contributed by atoms with Gasteiger partial charge in [0.1, 0.15) is 6.10 Å². The van der Waals surface area contributed by atoms with Crippen molar-refractivity contribution in [1.29, 1.82) is 0 Å². The molecule has 0 bridgehead atoms. The first-order chi connectivity index (χ1) is 13.0. The van der Waals surface area contributed by atoms with Gasteiger partial charge in [0, 0.05) is 29.2 Å². The van der Waals surface area contributed by atoms with Crippen LogP contribution in [0.2, 0.25) is 5.02 Å². The minimum Gasteiger partial charge on any atom is -0.480 e. The second-order valence-corrected chi connectivity index (χ2v) is 7.46. The number of urea groups is 1. The molecule has 1 aromatic rings. The van der Waals surface area contributed by atoms with Crippen molar-refractivity contribution in [3.05, 3.63) is 34.9 Å². The van der Waals surface area contributed by atoms with E-state index in [1.807, 2.05) is 36.1 Å². The number of nitrogens with one attached hydrogen (secondary N) is 1. The standard InChI is InChI=1S/C19H26ClN3O4/c1-2-22(12-18(24)25)14-9-13(10-14)21-19(26)23-7-8-27-17(11-23)15-5-3-4-6-16(15)20/h3-6,13-14,17H,2,7-12H2,1H3,(H,21,26)(H,24,25). The van der Waals surface area contributed by atoms with Gasteiger partial charge in [-0.3, -0.25) is 9.69 Å². The molecule has 1 atom stereocenters. The number of amides is 2. The van der Waals surface area contributed by atoms with E-state index >= 15 is 0 Å². The van der Waals surface area contributed by atoms with Gasteiger partial charge in [-0.1, -0.05) is 36.7 Å². The Morgan fingerprint density at radius 3 is 2.78 bits per heavy atom. The lowest BCUT2D eigenvalue weighted by Gasteiger charge is -2.43. The van der Waals surface area contributed by atoms with Crippen LogP contribution in [-0.2, 0) is 9.53 Å². The van der Waals surface area contributed by atoms with Gasteiger partial charge in [-0.15, -0.1) is 0 Å². The highest BCUT2D eigenvalue weighted by molar-refractivity contribution is 6.31. The molecule has 2 N–H and O–H groups in total. The van der Waals surface area contributed by atoms with Crippen LogP contribution in [0.5, 0.6) is 0 Å². The van der Waals surface area contributed by atoms with Gasteiger partial charge in [0.05, 0.1) is 19.7 Å². The minimum atomic E-state index is -0.816. The summed E-state index contributed by atoms with van der Waals surface area (Å²) >= 11 is 6.25. The van der Waals surface area contributed by atoms with Crippen LogP contribution in [0.25, 0.3) is 0 Å². The average molecular weight is 396 g/mol. The van der Waals surface area contributed by atoms with Crippen LogP contribution in [0.3, 0.4) is 0 Å². The minimum absolute atomic E-state index is 0.0464. The van der Waals surface area contributed by atoms with Crippen molar-refractivity contribution in [2.24, 2.45) is 0 Å². The summed E-state index contributed by atoms with van der Waals surface area (Å²) in [6.07, 6.45) is 1.34. The third-order valence-corrected chi connectivity index (χ3v) is 5.65. The number of carboxylic acid groups (broad SMARTS) is 1. The number of benzene rings is 1. The number of carbonyl (C=O) groups is 2. The van der Waals surface area contributed by atoms with Crippen LogP contribution in [0.15, 0.2) is 24.3 Å². The molecule has 0 spiro atoms. The molecular formula is C19H26ClN3O4. The van der Waals surface area contributed by atoms with E-state index in [-0.39, 0.29) is 30.8 Å². The van der Waals surface area contributed by atoms with Crippen molar-refractivity contribution >= 4 is 23.6 Å². The molecule has 2 amide bonds. The zero-order chi connectivity index (χ0) is 19.4. The molecule has 27 heavy (non-hydrogen) atoms. The molecule has 1 unspecified atom stereocenters. The number of carboxylic acids is 1. The Morgan fingerprint density at radius 2 is 2.11 bits per heavy atom. The van der Waals surface area contributed by atoms with Crippen molar-refractivity contribution in [1.82, 2.24) is 15.1 Å². The molecule has 8 heteroatoms. The Kier molecular flexibility index (Phi) is 6.57. The number of hydrogen-bond acceptors (Lipinski definition) is 4. The number of aliphatic carboxylic acids is 1. The number of rotatable bonds is 6. The van der Waals surface area contributed by atoms with E-state index < -0.39 is 5.97 Å². The normalized spacial score (nSPS) is 25.1. The predicted octanol–water partition coefficient (Wildman–Crippen LogP) is 2.36. The summed E-state index contributed by atoms with van der Waals surface area (Å²) in [6, 6.07) is 7.74. The van der Waals surface area contributed by atoms with E-state index in [0.29, 0.717) is 31.3 Å². The van der Waals surface area contributed by atoms with Crippen molar-refractivity contribution in [3.63, 3.8) is 0 Å². The fraction of sp³-hybridized carbons (Fsp3) is 0.579. The molecule has 0 aromatic heterocycles.